The van der Waals surface area contributed by atoms with Crippen molar-refractivity contribution in [2.24, 2.45) is 5.92 Å². The molecule has 1 heterocycles. The van der Waals surface area contributed by atoms with Crippen LogP contribution in [-0.4, -0.2) is 20.9 Å². The molecular weight excluding hydrogens is 196 g/mol. The average molecular weight is 210 g/mol. The van der Waals surface area contributed by atoms with Gasteiger partial charge in [-0.1, -0.05) is 13.8 Å². The van der Waals surface area contributed by atoms with Crippen LogP contribution in [0.3, 0.4) is 0 Å². The van der Waals surface area contributed by atoms with Gasteiger partial charge in [0.1, 0.15) is 12.4 Å². The van der Waals surface area contributed by atoms with Crippen molar-refractivity contribution in [2.45, 2.75) is 26.8 Å². The fourth-order valence-corrected chi connectivity index (χ4v) is 0.860. The largest absolute Gasteiger partial charge is 0.352 e. The molecule has 0 amide bonds. The van der Waals surface area contributed by atoms with Gasteiger partial charge in [0.2, 0.25) is 5.95 Å². The molecule has 1 atom stereocenters. The number of hydrogen-bond donors (Lipinski definition) is 1. The zero-order valence-electron chi connectivity index (χ0n) is 8.97. The molecule has 0 fully saturated rings. The van der Waals surface area contributed by atoms with Gasteiger partial charge in [-0.05, 0) is 12.8 Å². The van der Waals surface area contributed by atoms with E-state index in [0.717, 1.165) is 0 Å². The summed E-state index contributed by atoms with van der Waals surface area (Å²) in [6, 6.07) is 0.228. The van der Waals surface area contributed by atoms with Crippen LogP contribution in [0, 0.1) is 16.0 Å². The van der Waals surface area contributed by atoms with Gasteiger partial charge in [0.25, 0.3) is 0 Å². The van der Waals surface area contributed by atoms with Gasteiger partial charge in [0, 0.05) is 6.04 Å². The molecule has 82 valence electrons. The zero-order valence-corrected chi connectivity index (χ0v) is 8.97. The van der Waals surface area contributed by atoms with Crippen molar-refractivity contribution in [2.75, 3.05) is 5.32 Å². The molecule has 6 heteroatoms. The van der Waals surface area contributed by atoms with E-state index in [4.69, 9.17) is 0 Å². The molecule has 0 radical (unpaired) electrons. The summed E-state index contributed by atoms with van der Waals surface area (Å²) in [6.45, 7) is 6.15. The molecule has 0 aliphatic heterocycles. The van der Waals surface area contributed by atoms with Gasteiger partial charge in [0.15, 0.2) is 0 Å². The first-order valence-electron chi connectivity index (χ1n) is 4.73. The third-order valence-electron chi connectivity index (χ3n) is 2.21. The van der Waals surface area contributed by atoms with Crippen LogP contribution in [0.2, 0.25) is 0 Å². The highest BCUT2D eigenvalue weighted by molar-refractivity contribution is 5.31. The third-order valence-corrected chi connectivity index (χ3v) is 2.21. The first kappa shape index (κ1) is 11.4. The minimum absolute atomic E-state index is 0.0993. The summed E-state index contributed by atoms with van der Waals surface area (Å²) in [4.78, 5) is 17.5. The van der Waals surface area contributed by atoms with Crippen molar-refractivity contribution in [3.05, 3.63) is 22.5 Å². The Balaban J connectivity index is 2.68. The number of hydrogen-bond acceptors (Lipinski definition) is 5. The Bertz CT molecular complexity index is 336. The maximum Gasteiger partial charge on any atom is 0.305 e. The number of aromatic nitrogens is 2. The van der Waals surface area contributed by atoms with Crippen LogP contribution < -0.4 is 5.32 Å². The van der Waals surface area contributed by atoms with Crippen molar-refractivity contribution >= 4 is 11.6 Å². The van der Waals surface area contributed by atoms with E-state index in [1.54, 1.807) is 0 Å². The second-order valence-corrected chi connectivity index (χ2v) is 3.70. The summed E-state index contributed by atoms with van der Waals surface area (Å²) in [5, 5.41) is 13.4. The van der Waals surface area contributed by atoms with E-state index in [-0.39, 0.29) is 11.7 Å². The molecule has 0 aromatic carbocycles. The van der Waals surface area contributed by atoms with E-state index in [1.807, 2.05) is 6.92 Å². The predicted octanol–water partition coefficient (Wildman–Crippen LogP) is 1.84. The SMILES string of the molecule is CC(C)C(C)Nc1ncc([N+](=O)[O-])cn1. The third kappa shape index (κ3) is 3.16. The molecule has 15 heavy (non-hydrogen) atoms. The van der Waals surface area contributed by atoms with Gasteiger partial charge >= 0.3 is 5.69 Å². The topological polar surface area (TPSA) is 81.0 Å². The van der Waals surface area contributed by atoms with Crippen LogP contribution in [0.15, 0.2) is 12.4 Å². The Labute approximate surface area is 87.9 Å². The second kappa shape index (κ2) is 4.68. The van der Waals surface area contributed by atoms with Crippen molar-refractivity contribution in [1.82, 2.24) is 9.97 Å². The standard InChI is InChI=1S/C9H14N4O2/c1-6(2)7(3)12-9-10-4-8(5-11-9)13(14)15/h4-7H,1-3H3,(H,10,11,12). The molecule has 0 aliphatic rings. The monoisotopic (exact) mass is 210 g/mol. The summed E-state index contributed by atoms with van der Waals surface area (Å²) in [7, 11) is 0. The van der Waals surface area contributed by atoms with Crippen LogP contribution >= 0.6 is 0 Å². The Kier molecular flexibility index (Phi) is 3.54. The number of nitrogens with zero attached hydrogens (tertiary/aromatic N) is 3. The van der Waals surface area contributed by atoms with E-state index in [0.29, 0.717) is 11.9 Å². The number of anilines is 1. The second-order valence-electron chi connectivity index (χ2n) is 3.70. The molecular formula is C9H14N4O2. The van der Waals surface area contributed by atoms with Crippen LogP contribution in [0.5, 0.6) is 0 Å². The molecule has 1 aromatic heterocycles. The van der Waals surface area contributed by atoms with Gasteiger partial charge in [-0.2, -0.15) is 0 Å². The fourth-order valence-electron chi connectivity index (χ4n) is 0.860. The Morgan fingerprint density at radius 3 is 2.27 bits per heavy atom. The maximum atomic E-state index is 10.3. The number of nitrogens with one attached hydrogen (secondary N) is 1. The smallest absolute Gasteiger partial charge is 0.305 e. The van der Waals surface area contributed by atoms with E-state index in [2.05, 4.69) is 29.1 Å². The maximum absolute atomic E-state index is 10.3. The van der Waals surface area contributed by atoms with Gasteiger partial charge in [-0.3, -0.25) is 10.1 Å². The Morgan fingerprint density at radius 1 is 1.33 bits per heavy atom. The lowest BCUT2D eigenvalue weighted by Crippen LogP contribution is -2.22. The van der Waals surface area contributed by atoms with Gasteiger partial charge < -0.3 is 5.32 Å². The molecule has 0 bridgehead atoms. The van der Waals surface area contributed by atoms with Crippen molar-refractivity contribution < 1.29 is 4.92 Å². The molecule has 0 saturated carbocycles. The van der Waals surface area contributed by atoms with E-state index in [9.17, 15) is 10.1 Å². The fraction of sp³-hybridized carbons (Fsp3) is 0.556. The first-order valence-corrected chi connectivity index (χ1v) is 4.73. The Hall–Kier alpha value is -1.72. The highest BCUT2D eigenvalue weighted by Gasteiger charge is 2.10. The zero-order chi connectivity index (χ0) is 11.4. The molecule has 1 N–H and O–H groups in total. The van der Waals surface area contributed by atoms with Gasteiger partial charge in [0.05, 0.1) is 4.92 Å². The normalized spacial score (nSPS) is 12.5. The van der Waals surface area contributed by atoms with E-state index in [1.165, 1.54) is 12.4 Å². The molecule has 0 saturated heterocycles. The minimum Gasteiger partial charge on any atom is -0.352 e. The van der Waals surface area contributed by atoms with Crippen LogP contribution in [0.4, 0.5) is 11.6 Å². The predicted molar refractivity (Wildman–Crippen MR) is 56.6 cm³/mol. The molecule has 1 rings (SSSR count). The van der Waals surface area contributed by atoms with Crippen molar-refractivity contribution in [1.29, 1.82) is 0 Å². The molecule has 1 unspecified atom stereocenters. The van der Waals surface area contributed by atoms with E-state index < -0.39 is 4.92 Å². The summed E-state index contributed by atoms with van der Waals surface area (Å²) in [6.07, 6.45) is 2.39. The lowest BCUT2D eigenvalue weighted by molar-refractivity contribution is -0.385. The van der Waals surface area contributed by atoms with Crippen LogP contribution in [0.1, 0.15) is 20.8 Å². The quantitative estimate of drug-likeness (QED) is 0.605. The lowest BCUT2D eigenvalue weighted by Gasteiger charge is -2.16. The molecule has 0 spiro atoms. The average Bonchev–Trinajstić information content (AvgIpc) is 2.18. The van der Waals surface area contributed by atoms with Crippen LogP contribution in [0.25, 0.3) is 0 Å². The van der Waals surface area contributed by atoms with Crippen molar-refractivity contribution in [3.8, 4) is 0 Å². The van der Waals surface area contributed by atoms with Crippen molar-refractivity contribution in [3.63, 3.8) is 0 Å². The number of nitro groups is 1. The minimum atomic E-state index is -0.518. The molecule has 6 nitrogen and oxygen atoms in total. The van der Waals surface area contributed by atoms with Gasteiger partial charge in [-0.15, -0.1) is 0 Å². The lowest BCUT2D eigenvalue weighted by atomic mass is 10.1. The van der Waals surface area contributed by atoms with E-state index >= 15 is 0 Å². The number of rotatable bonds is 4. The molecule has 0 aliphatic carbocycles. The van der Waals surface area contributed by atoms with Crippen LogP contribution in [-0.2, 0) is 0 Å². The highest BCUT2D eigenvalue weighted by Crippen LogP contribution is 2.11. The first-order chi connectivity index (χ1) is 7.00. The Morgan fingerprint density at radius 2 is 1.87 bits per heavy atom. The summed E-state index contributed by atoms with van der Waals surface area (Å²) < 4.78 is 0. The summed E-state index contributed by atoms with van der Waals surface area (Å²) in [5.74, 6) is 0.866. The molecule has 1 aromatic rings. The summed E-state index contributed by atoms with van der Waals surface area (Å²) >= 11 is 0. The van der Waals surface area contributed by atoms with Gasteiger partial charge in [-0.25, -0.2) is 9.97 Å². The summed E-state index contributed by atoms with van der Waals surface area (Å²) in [5.41, 5.74) is -0.0993. The highest BCUT2D eigenvalue weighted by atomic mass is 16.6.